The molecule has 11 nitrogen and oxygen atoms in total. The van der Waals surface area contributed by atoms with Crippen LogP contribution in [0.2, 0.25) is 0 Å². The zero-order valence-corrected chi connectivity index (χ0v) is 20.9. The fourth-order valence-corrected chi connectivity index (χ4v) is 3.90. The van der Waals surface area contributed by atoms with Crippen LogP contribution in [-0.2, 0) is 29.1 Å². The van der Waals surface area contributed by atoms with E-state index in [9.17, 15) is 4.79 Å². The van der Waals surface area contributed by atoms with Crippen molar-refractivity contribution < 1.29 is 28.7 Å². The van der Waals surface area contributed by atoms with E-state index in [4.69, 9.17) is 25.1 Å². The van der Waals surface area contributed by atoms with Crippen LogP contribution in [0.5, 0.6) is 5.75 Å². The molecule has 2 aromatic heterocycles. The van der Waals surface area contributed by atoms with Crippen molar-refractivity contribution in [3.8, 4) is 5.75 Å². The van der Waals surface area contributed by atoms with Gasteiger partial charge in [0.05, 0.1) is 52.9 Å². The molecular weight excluding hydrogens is 508 g/mol. The Hall–Kier alpha value is -2.80. The Morgan fingerprint density at radius 2 is 2.03 bits per heavy atom. The molecule has 2 heterocycles. The molecule has 1 amide bonds. The third-order valence-corrected chi connectivity index (χ3v) is 5.55. The van der Waals surface area contributed by atoms with Gasteiger partial charge in [-0.25, -0.2) is 19.1 Å². The highest BCUT2D eigenvalue weighted by atomic mass is 79.9. The topological polar surface area (TPSA) is 138 Å². The number of hydrogen-bond acceptors (Lipinski definition) is 8. The second-order valence-electron chi connectivity index (χ2n) is 7.22. The number of aryl methyl sites for hydroxylation is 1. The Bertz CT molecular complexity index is 1120. The fraction of sp³-hybridized carbons (Fsp3) is 0.455. The van der Waals surface area contributed by atoms with Crippen LogP contribution in [-0.4, -0.2) is 65.7 Å². The quantitative estimate of drug-likeness (QED) is 0.217. The summed E-state index contributed by atoms with van der Waals surface area (Å²) in [5.74, 6) is 1.28. The number of imidazole rings is 1. The molecule has 0 atom stereocenters. The van der Waals surface area contributed by atoms with Gasteiger partial charge in [0, 0.05) is 6.07 Å². The number of nitrogens with two attached hydrogens (primary N) is 1. The number of aliphatic hydroxyl groups excluding tert-OH is 1. The molecule has 0 saturated carbocycles. The van der Waals surface area contributed by atoms with Crippen molar-refractivity contribution in [2.45, 2.75) is 26.6 Å². The minimum atomic E-state index is -0.416. The highest BCUT2D eigenvalue weighted by Crippen LogP contribution is 2.21. The van der Waals surface area contributed by atoms with Gasteiger partial charge >= 0.3 is 0 Å². The van der Waals surface area contributed by atoms with Gasteiger partial charge in [-0.15, -0.1) is 0 Å². The van der Waals surface area contributed by atoms with E-state index in [1.54, 1.807) is 7.11 Å². The summed E-state index contributed by atoms with van der Waals surface area (Å²) in [6.45, 7) is 5.12. The molecule has 1 aromatic carbocycles. The lowest BCUT2D eigenvalue weighted by Gasteiger charge is -2.08. The molecule has 0 radical (unpaired) electrons. The first-order chi connectivity index (χ1) is 16.5. The van der Waals surface area contributed by atoms with Crippen molar-refractivity contribution in [1.82, 2.24) is 19.9 Å². The number of carbonyl (C=O) groups excluding carboxylic acids is 1. The average molecular weight is 538 g/mol. The molecule has 3 aromatic rings. The SMILES string of the molecule is CCn1c(CNC(=O)c2nc(Br)cnc2N)[n+](CCOCCOCCO)c2ccc(OC)cc21. The van der Waals surface area contributed by atoms with Crippen LogP contribution in [0, 0.1) is 0 Å². The monoisotopic (exact) mass is 537 g/mol. The Morgan fingerprint density at radius 3 is 2.74 bits per heavy atom. The molecule has 0 bridgehead atoms. The predicted molar refractivity (Wildman–Crippen MR) is 128 cm³/mol. The summed E-state index contributed by atoms with van der Waals surface area (Å²) in [7, 11) is 1.63. The number of nitrogen functional groups attached to an aromatic ring is 1. The number of benzene rings is 1. The van der Waals surface area contributed by atoms with Crippen molar-refractivity contribution in [2.24, 2.45) is 0 Å². The summed E-state index contributed by atoms with van der Waals surface area (Å²) in [6.07, 6.45) is 1.44. The second-order valence-corrected chi connectivity index (χ2v) is 8.04. The number of anilines is 1. The number of ether oxygens (including phenoxy) is 3. The van der Waals surface area contributed by atoms with E-state index >= 15 is 0 Å². The molecule has 184 valence electrons. The molecule has 0 spiro atoms. The number of aliphatic hydroxyl groups is 1. The molecule has 0 fully saturated rings. The van der Waals surface area contributed by atoms with Crippen molar-refractivity contribution in [3.63, 3.8) is 0 Å². The summed E-state index contributed by atoms with van der Waals surface area (Å²) < 4.78 is 21.0. The smallest absolute Gasteiger partial charge is 0.277 e. The van der Waals surface area contributed by atoms with Crippen LogP contribution in [0.1, 0.15) is 23.2 Å². The van der Waals surface area contributed by atoms with Crippen LogP contribution in [0.4, 0.5) is 5.82 Å². The molecule has 12 heteroatoms. The van der Waals surface area contributed by atoms with Gasteiger partial charge in [0.25, 0.3) is 11.7 Å². The Balaban J connectivity index is 1.83. The van der Waals surface area contributed by atoms with Crippen LogP contribution >= 0.6 is 15.9 Å². The highest BCUT2D eigenvalue weighted by Gasteiger charge is 2.26. The summed E-state index contributed by atoms with van der Waals surface area (Å²) in [6, 6.07) is 5.87. The van der Waals surface area contributed by atoms with E-state index in [0.29, 0.717) is 44.1 Å². The van der Waals surface area contributed by atoms with E-state index in [-0.39, 0.29) is 24.7 Å². The van der Waals surface area contributed by atoms with E-state index in [0.717, 1.165) is 22.6 Å². The number of amides is 1. The number of nitrogens with one attached hydrogen (secondary N) is 1. The molecule has 34 heavy (non-hydrogen) atoms. The first-order valence-electron chi connectivity index (χ1n) is 10.9. The second kappa shape index (κ2) is 12.6. The average Bonchev–Trinajstić information content (AvgIpc) is 3.14. The molecule has 4 N–H and O–H groups in total. The minimum absolute atomic E-state index is 0.0118. The van der Waals surface area contributed by atoms with Crippen molar-refractivity contribution in [2.75, 3.05) is 45.9 Å². The summed E-state index contributed by atoms with van der Waals surface area (Å²) in [5.41, 5.74) is 7.89. The Morgan fingerprint density at radius 1 is 1.26 bits per heavy atom. The van der Waals surface area contributed by atoms with Gasteiger partial charge in [0.2, 0.25) is 0 Å². The zero-order valence-electron chi connectivity index (χ0n) is 19.3. The molecule has 0 unspecified atom stereocenters. The largest absolute Gasteiger partial charge is 0.497 e. The number of fused-ring (bicyclic) bond motifs is 1. The van der Waals surface area contributed by atoms with Crippen LogP contribution in [0.25, 0.3) is 11.0 Å². The number of halogens is 1. The van der Waals surface area contributed by atoms with E-state index in [1.807, 2.05) is 25.1 Å². The van der Waals surface area contributed by atoms with Gasteiger partial charge in [-0.05, 0) is 35.0 Å². The normalized spacial score (nSPS) is 11.2. The van der Waals surface area contributed by atoms with E-state index in [2.05, 4.69) is 40.3 Å². The summed E-state index contributed by atoms with van der Waals surface area (Å²) in [4.78, 5) is 20.9. The van der Waals surface area contributed by atoms with Crippen molar-refractivity contribution in [3.05, 3.63) is 40.5 Å². The Kier molecular flexibility index (Phi) is 9.57. The van der Waals surface area contributed by atoms with Crippen LogP contribution in [0.3, 0.4) is 0 Å². The third-order valence-electron chi connectivity index (χ3n) is 5.16. The van der Waals surface area contributed by atoms with Crippen LogP contribution < -0.4 is 20.4 Å². The number of nitrogens with zero attached hydrogens (tertiary/aromatic N) is 4. The Labute approximate surface area is 206 Å². The summed E-state index contributed by atoms with van der Waals surface area (Å²) >= 11 is 3.22. The number of hydrogen-bond donors (Lipinski definition) is 3. The third kappa shape index (κ3) is 6.20. The van der Waals surface area contributed by atoms with Crippen LogP contribution in [0.15, 0.2) is 29.0 Å². The van der Waals surface area contributed by atoms with Gasteiger partial charge in [-0.3, -0.25) is 4.79 Å². The van der Waals surface area contributed by atoms with Gasteiger partial charge in [0.15, 0.2) is 22.5 Å². The van der Waals surface area contributed by atoms with E-state index in [1.165, 1.54) is 6.20 Å². The minimum Gasteiger partial charge on any atom is -0.497 e. The fourth-order valence-electron chi connectivity index (χ4n) is 3.62. The molecule has 0 aliphatic heterocycles. The maximum absolute atomic E-state index is 12.8. The summed E-state index contributed by atoms with van der Waals surface area (Å²) in [5, 5.41) is 11.7. The zero-order chi connectivity index (χ0) is 24.5. The maximum atomic E-state index is 12.8. The predicted octanol–water partition coefficient (Wildman–Crippen LogP) is 1.05. The molecule has 0 aliphatic rings. The lowest BCUT2D eigenvalue weighted by atomic mass is 10.3. The molecular formula is C22H30BrN6O5+. The maximum Gasteiger partial charge on any atom is 0.277 e. The van der Waals surface area contributed by atoms with E-state index < -0.39 is 5.91 Å². The van der Waals surface area contributed by atoms with Gasteiger partial charge in [-0.1, -0.05) is 0 Å². The number of rotatable bonds is 13. The number of aromatic nitrogens is 4. The van der Waals surface area contributed by atoms with Gasteiger partial charge in [0.1, 0.15) is 23.4 Å². The number of methoxy groups -OCH3 is 1. The standard InChI is InChI=1S/C22H29BrN6O5/c1-3-28-17-12-15(32-2)4-5-16(17)29(6-8-33-10-11-34-9-7-30)19(28)14-26-22(31)20-21(24)25-13-18(23)27-20/h4-5,12-13,30H,3,6-11,14H2,1-2H3,(H2-,24,25,26,31)/p+1. The first-order valence-corrected chi connectivity index (χ1v) is 11.7. The lowest BCUT2D eigenvalue weighted by Crippen LogP contribution is -2.43. The molecule has 0 aliphatic carbocycles. The number of carbonyl (C=O) groups is 1. The van der Waals surface area contributed by atoms with Gasteiger partial charge < -0.3 is 30.4 Å². The van der Waals surface area contributed by atoms with Gasteiger partial charge in [-0.2, -0.15) is 0 Å². The molecule has 3 rings (SSSR count). The first kappa shape index (κ1) is 25.8. The van der Waals surface area contributed by atoms with Crippen molar-refractivity contribution in [1.29, 1.82) is 0 Å². The highest BCUT2D eigenvalue weighted by molar-refractivity contribution is 9.10. The molecule has 0 saturated heterocycles. The lowest BCUT2D eigenvalue weighted by molar-refractivity contribution is -0.681. The van der Waals surface area contributed by atoms with Crippen molar-refractivity contribution >= 4 is 38.7 Å².